The molecule has 1 fully saturated rings. The van der Waals surface area contributed by atoms with Gasteiger partial charge in [-0.1, -0.05) is 0 Å². The maximum atomic E-state index is 12.6. The van der Waals surface area contributed by atoms with Crippen molar-refractivity contribution < 1.29 is 14.3 Å². The fourth-order valence-electron chi connectivity index (χ4n) is 2.79. The summed E-state index contributed by atoms with van der Waals surface area (Å²) in [6.07, 6.45) is 4.12. The zero-order chi connectivity index (χ0) is 16.0. The van der Waals surface area contributed by atoms with Crippen LogP contribution in [0.3, 0.4) is 0 Å². The third-order valence-corrected chi connectivity index (χ3v) is 5.61. The first kappa shape index (κ1) is 14.5. The highest BCUT2D eigenvalue weighted by atomic mass is 32.1. The standard InChI is InChI=1S/C17H18N2O3S/c1-10(11-3-4-11)19(2)17(20)15-8-18-16(23-15)12-5-6-13-14(7-12)22-9-21-13/h5-8,10-11H,3-4,9H2,1-2H3/t10-/m0/s1. The minimum absolute atomic E-state index is 0.0499. The third kappa shape index (κ3) is 2.67. The zero-order valence-electron chi connectivity index (χ0n) is 13.1. The molecule has 2 aliphatic rings. The number of hydrogen-bond acceptors (Lipinski definition) is 5. The largest absolute Gasteiger partial charge is 0.454 e. The number of amides is 1. The van der Waals surface area contributed by atoms with Gasteiger partial charge in [0.1, 0.15) is 9.88 Å². The molecular formula is C17H18N2O3S. The fourth-order valence-corrected chi connectivity index (χ4v) is 3.68. The summed E-state index contributed by atoms with van der Waals surface area (Å²) >= 11 is 1.42. The highest BCUT2D eigenvalue weighted by Gasteiger charge is 2.33. The van der Waals surface area contributed by atoms with E-state index in [9.17, 15) is 4.79 Å². The van der Waals surface area contributed by atoms with E-state index in [-0.39, 0.29) is 12.7 Å². The number of aromatic nitrogens is 1. The molecule has 1 atom stereocenters. The summed E-state index contributed by atoms with van der Waals surface area (Å²) in [4.78, 5) is 19.5. The van der Waals surface area contributed by atoms with Gasteiger partial charge in [0, 0.05) is 18.7 Å². The molecule has 0 saturated heterocycles. The molecule has 120 valence electrons. The summed E-state index contributed by atoms with van der Waals surface area (Å²) in [5.74, 6) is 2.18. The summed E-state index contributed by atoms with van der Waals surface area (Å²) in [7, 11) is 1.88. The second kappa shape index (κ2) is 5.53. The summed E-state index contributed by atoms with van der Waals surface area (Å²) in [6, 6.07) is 6.02. The van der Waals surface area contributed by atoms with Gasteiger partial charge >= 0.3 is 0 Å². The highest BCUT2D eigenvalue weighted by molar-refractivity contribution is 7.16. The van der Waals surface area contributed by atoms with Crippen LogP contribution in [-0.2, 0) is 0 Å². The number of fused-ring (bicyclic) bond motifs is 1. The molecule has 2 heterocycles. The highest BCUT2D eigenvalue weighted by Crippen LogP contribution is 2.38. The predicted molar refractivity (Wildman–Crippen MR) is 88.0 cm³/mol. The maximum Gasteiger partial charge on any atom is 0.265 e. The van der Waals surface area contributed by atoms with E-state index >= 15 is 0 Å². The monoisotopic (exact) mass is 330 g/mol. The molecule has 0 unspecified atom stereocenters. The summed E-state index contributed by atoms with van der Waals surface area (Å²) in [5, 5.41) is 0.819. The van der Waals surface area contributed by atoms with Crippen molar-refractivity contribution in [3.63, 3.8) is 0 Å². The average Bonchev–Trinajstić information content (AvgIpc) is 3.11. The van der Waals surface area contributed by atoms with E-state index in [4.69, 9.17) is 9.47 Å². The molecule has 2 aromatic rings. The number of hydrogen-bond donors (Lipinski definition) is 0. The second-order valence-electron chi connectivity index (χ2n) is 6.09. The predicted octanol–water partition coefficient (Wildman–Crippen LogP) is 3.41. The molecule has 1 aromatic carbocycles. The molecule has 23 heavy (non-hydrogen) atoms. The van der Waals surface area contributed by atoms with Gasteiger partial charge in [-0.05, 0) is 43.9 Å². The van der Waals surface area contributed by atoms with E-state index in [0.717, 1.165) is 22.1 Å². The van der Waals surface area contributed by atoms with Gasteiger partial charge in [-0.2, -0.15) is 0 Å². The van der Waals surface area contributed by atoms with Crippen molar-refractivity contribution in [3.05, 3.63) is 29.3 Å². The van der Waals surface area contributed by atoms with Crippen LogP contribution in [0, 0.1) is 5.92 Å². The molecule has 0 N–H and O–H groups in total. The first-order valence-electron chi connectivity index (χ1n) is 7.76. The number of ether oxygens (including phenoxy) is 2. The Bertz CT molecular complexity index is 754. The Hall–Kier alpha value is -2.08. The molecule has 1 aliphatic heterocycles. The summed E-state index contributed by atoms with van der Waals surface area (Å²) < 4.78 is 10.7. The number of carbonyl (C=O) groups excluding carboxylic acids is 1. The minimum Gasteiger partial charge on any atom is -0.454 e. The van der Waals surface area contributed by atoms with Crippen LogP contribution in [0.4, 0.5) is 0 Å². The smallest absolute Gasteiger partial charge is 0.265 e. The number of nitrogens with zero attached hydrogens (tertiary/aromatic N) is 2. The third-order valence-electron chi connectivity index (χ3n) is 4.57. The van der Waals surface area contributed by atoms with Gasteiger partial charge in [-0.3, -0.25) is 4.79 Å². The number of thiazole rings is 1. The van der Waals surface area contributed by atoms with Crippen molar-refractivity contribution in [2.75, 3.05) is 13.8 Å². The van der Waals surface area contributed by atoms with Gasteiger partial charge in [-0.15, -0.1) is 11.3 Å². The summed E-state index contributed by atoms with van der Waals surface area (Å²) in [6.45, 7) is 2.37. The van der Waals surface area contributed by atoms with E-state index in [1.807, 2.05) is 30.1 Å². The van der Waals surface area contributed by atoms with Crippen LogP contribution >= 0.6 is 11.3 Å². The van der Waals surface area contributed by atoms with Gasteiger partial charge in [0.05, 0.1) is 6.20 Å². The quantitative estimate of drug-likeness (QED) is 0.862. The maximum absolute atomic E-state index is 12.6. The first-order chi connectivity index (χ1) is 11.1. The van der Waals surface area contributed by atoms with Gasteiger partial charge in [0.25, 0.3) is 5.91 Å². The molecular weight excluding hydrogens is 312 g/mol. The van der Waals surface area contributed by atoms with Crippen molar-refractivity contribution in [3.8, 4) is 22.1 Å². The molecule has 1 saturated carbocycles. The van der Waals surface area contributed by atoms with Crippen LogP contribution in [0.5, 0.6) is 11.5 Å². The van der Waals surface area contributed by atoms with Crippen molar-refractivity contribution in [1.29, 1.82) is 0 Å². The molecule has 0 radical (unpaired) electrons. The normalized spacial score (nSPS) is 17.1. The number of carbonyl (C=O) groups is 1. The van der Waals surface area contributed by atoms with Crippen molar-refractivity contribution in [1.82, 2.24) is 9.88 Å². The van der Waals surface area contributed by atoms with Gasteiger partial charge in [-0.25, -0.2) is 4.98 Å². The van der Waals surface area contributed by atoms with E-state index in [1.165, 1.54) is 24.2 Å². The Morgan fingerprint density at radius 3 is 2.91 bits per heavy atom. The SMILES string of the molecule is C[C@@H](C1CC1)N(C)C(=O)c1cnc(-c2ccc3c(c2)OCO3)s1. The lowest BCUT2D eigenvalue weighted by molar-refractivity contribution is 0.0732. The second-order valence-corrected chi connectivity index (χ2v) is 7.12. The van der Waals surface area contributed by atoms with Crippen LogP contribution in [-0.4, -0.2) is 35.7 Å². The van der Waals surface area contributed by atoms with Crippen LogP contribution in [0.2, 0.25) is 0 Å². The lowest BCUT2D eigenvalue weighted by atomic mass is 10.2. The van der Waals surface area contributed by atoms with Gasteiger partial charge in [0.2, 0.25) is 6.79 Å². The van der Waals surface area contributed by atoms with Crippen LogP contribution in [0.25, 0.3) is 10.6 Å². The molecule has 6 heteroatoms. The molecule has 0 bridgehead atoms. The minimum atomic E-state index is 0.0499. The fraction of sp³-hybridized carbons (Fsp3) is 0.412. The number of rotatable bonds is 4. The molecule has 5 nitrogen and oxygen atoms in total. The topological polar surface area (TPSA) is 51.7 Å². The number of benzene rings is 1. The zero-order valence-corrected chi connectivity index (χ0v) is 13.9. The lowest BCUT2D eigenvalue weighted by Gasteiger charge is -2.24. The molecule has 1 aliphatic carbocycles. The van der Waals surface area contributed by atoms with Crippen LogP contribution < -0.4 is 9.47 Å². The first-order valence-corrected chi connectivity index (χ1v) is 8.58. The Morgan fingerprint density at radius 2 is 2.13 bits per heavy atom. The van der Waals surface area contributed by atoms with Crippen molar-refractivity contribution >= 4 is 17.2 Å². The molecule has 4 rings (SSSR count). The summed E-state index contributed by atoms with van der Waals surface area (Å²) in [5.41, 5.74) is 0.941. The Morgan fingerprint density at radius 1 is 1.35 bits per heavy atom. The molecule has 1 aromatic heterocycles. The molecule has 1 amide bonds. The Balaban J connectivity index is 1.55. The van der Waals surface area contributed by atoms with E-state index in [1.54, 1.807) is 6.20 Å². The van der Waals surface area contributed by atoms with E-state index in [0.29, 0.717) is 16.8 Å². The van der Waals surface area contributed by atoms with Crippen molar-refractivity contribution in [2.24, 2.45) is 5.92 Å². The Labute approximate surface area is 138 Å². The van der Waals surface area contributed by atoms with Crippen LogP contribution in [0.15, 0.2) is 24.4 Å². The van der Waals surface area contributed by atoms with Gasteiger partial charge < -0.3 is 14.4 Å². The lowest BCUT2D eigenvalue weighted by Crippen LogP contribution is -2.35. The van der Waals surface area contributed by atoms with Gasteiger partial charge in [0.15, 0.2) is 11.5 Å². The van der Waals surface area contributed by atoms with E-state index < -0.39 is 0 Å². The van der Waals surface area contributed by atoms with Crippen LogP contribution in [0.1, 0.15) is 29.4 Å². The van der Waals surface area contributed by atoms with Crippen molar-refractivity contribution in [2.45, 2.75) is 25.8 Å². The average molecular weight is 330 g/mol. The molecule has 0 spiro atoms. The van der Waals surface area contributed by atoms with E-state index in [2.05, 4.69) is 11.9 Å². The Kier molecular flexibility index (Phi) is 3.49.